The molecular weight excluding hydrogens is 362 g/mol. The van der Waals surface area contributed by atoms with Gasteiger partial charge in [-0.15, -0.1) is 11.3 Å². The molecule has 0 fully saturated rings. The quantitative estimate of drug-likeness (QED) is 0.659. The number of quaternary nitrogens is 1. The van der Waals surface area contributed by atoms with E-state index in [1.54, 1.807) is 23.5 Å². The molecule has 2 aromatic rings. The van der Waals surface area contributed by atoms with Gasteiger partial charge in [0.15, 0.2) is 18.0 Å². The largest absolute Gasteiger partial charge is 0.493 e. The minimum absolute atomic E-state index is 0.0323. The van der Waals surface area contributed by atoms with Crippen LogP contribution in [0.15, 0.2) is 35.7 Å². The van der Waals surface area contributed by atoms with Crippen molar-refractivity contribution in [3.63, 3.8) is 0 Å². The van der Waals surface area contributed by atoms with Gasteiger partial charge in [0.2, 0.25) is 0 Å². The molecule has 0 saturated carbocycles. The minimum atomic E-state index is -2.92. The van der Waals surface area contributed by atoms with Crippen molar-refractivity contribution in [2.75, 3.05) is 20.2 Å². The summed E-state index contributed by atoms with van der Waals surface area (Å²) >= 11 is 1.68. The summed E-state index contributed by atoms with van der Waals surface area (Å²) in [5, 5.41) is 4.88. The molecule has 0 saturated heterocycles. The maximum Gasteiger partial charge on any atom is 0.387 e. The zero-order chi connectivity index (χ0) is 18.9. The van der Waals surface area contributed by atoms with Gasteiger partial charge >= 0.3 is 6.61 Å². The number of likely N-dealkylation sites (N-methyl/N-ethyl adjacent to an activating group) is 1. The summed E-state index contributed by atoms with van der Waals surface area (Å²) in [6.45, 7) is 1.45. The van der Waals surface area contributed by atoms with Crippen molar-refractivity contribution in [2.45, 2.75) is 26.6 Å². The number of alkyl halides is 2. The SMILES string of the molecule is CC[NH+](CC(=O)NCc1ccc(OC(F)F)c(OC)c1)Cc1cccs1. The second-order valence-corrected chi connectivity index (χ2v) is 6.71. The predicted molar refractivity (Wildman–Crippen MR) is 95.9 cm³/mol. The van der Waals surface area contributed by atoms with E-state index >= 15 is 0 Å². The second-order valence-electron chi connectivity index (χ2n) is 5.68. The Morgan fingerprint density at radius 2 is 2.12 bits per heavy atom. The third-order valence-electron chi connectivity index (χ3n) is 3.85. The lowest BCUT2D eigenvalue weighted by Gasteiger charge is -2.16. The van der Waals surface area contributed by atoms with Gasteiger partial charge in [0.1, 0.15) is 6.54 Å². The molecule has 1 aromatic heterocycles. The summed E-state index contributed by atoms with van der Waals surface area (Å²) in [7, 11) is 1.38. The number of amides is 1. The number of rotatable bonds is 10. The number of carbonyl (C=O) groups is 1. The monoisotopic (exact) mass is 385 g/mol. The lowest BCUT2D eigenvalue weighted by atomic mass is 10.2. The number of hydrogen-bond donors (Lipinski definition) is 2. The average Bonchev–Trinajstić information content (AvgIpc) is 3.12. The Bertz CT molecular complexity index is 696. The molecule has 0 aliphatic heterocycles. The van der Waals surface area contributed by atoms with E-state index in [2.05, 4.69) is 16.1 Å². The van der Waals surface area contributed by atoms with E-state index in [1.807, 2.05) is 18.4 Å². The molecule has 26 heavy (non-hydrogen) atoms. The molecule has 1 atom stereocenters. The Hall–Kier alpha value is -2.19. The van der Waals surface area contributed by atoms with E-state index < -0.39 is 6.61 Å². The van der Waals surface area contributed by atoms with Crippen LogP contribution in [0.5, 0.6) is 11.5 Å². The van der Waals surface area contributed by atoms with Crippen LogP contribution in [0, 0.1) is 0 Å². The van der Waals surface area contributed by atoms with Crippen LogP contribution in [0.3, 0.4) is 0 Å². The van der Waals surface area contributed by atoms with Crippen molar-refractivity contribution < 1.29 is 27.9 Å². The zero-order valence-corrected chi connectivity index (χ0v) is 15.6. The van der Waals surface area contributed by atoms with Gasteiger partial charge in [-0.1, -0.05) is 12.1 Å². The van der Waals surface area contributed by atoms with Crippen molar-refractivity contribution in [1.82, 2.24) is 5.32 Å². The van der Waals surface area contributed by atoms with Crippen molar-refractivity contribution in [2.24, 2.45) is 0 Å². The molecule has 1 aromatic carbocycles. The summed E-state index contributed by atoms with van der Waals surface area (Å²) in [6.07, 6.45) is 0. The number of halogens is 2. The van der Waals surface area contributed by atoms with E-state index in [1.165, 1.54) is 23.0 Å². The smallest absolute Gasteiger partial charge is 0.387 e. The summed E-state index contributed by atoms with van der Waals surface area (Å²) < 4.78 is 34.1. The number of hydrogen-bond acceptors (Lipinski definition) is 4. The first-order chi connectivity index (χ1) is 12.5. The van der Waals surface area contributed by atoms with Gasteiger partial charge in [0, 0.05) is 6.54 Å². The van der Waals surface area contributed by atoms with Crippen LogP contribution in [0.4, 0.5) is 8.78 Å². The molecule has 2 N–H and O–H groups in total. The number of methoxy groups -OCH3 is 1. The summed E-state index contributed by atoms with van der Waals surface area (Å²) in [5.41, 5.74) is 0.744. The maximum atomic E-state index is 12.3. The first-order valence-electron chi connectivity index (χ1n) is 8.26. The van der Waals surface area contributed by atoms with Crippen LogP contribution in [0.2, 0.25) is 0 Å². The van der Waals surface area contributed by atoms with E-state index in [-0.39, 0.29) is 17.4 Å². The Balaban J connectivity index is 1.87. The summed E-state index contributed by atoms with van der Waals surface area (Å²) in [6, 6.07) is 8.67. The van der Waals surface area contributed by atoms with Gasteiger partial charge in [0.05, 0.1) is 18.5 Å². The minimum Gasteiger partial charge on any atom is -0.493 e. The highest BCUT2D eigenvalue weighted by molar-refractivity contribution is 7.09. The molecule has 8 heteroatoms. The fourth-order valence-electron chi connectivity index (χ4n) is 2.48. The van der Waals surface area contributed by atoms with Crippen molar-refractivity contribution in [1.29, 1.82) is 0 Å². The lowest BCUT2D eigenvalue weighted by molar-refractivity contribution is -0.903. The van der Waals surface area contributed by atoms with Crippen LogP contribution < -0.4 is 19.7 Å². The standard InChI is InChI=1S/C18H22F2N2O3S/c1-3-22(11-14-5-4-8-26-14)12-17(23)21-10-13-6-7-15(25-18(19)20)16(9-13)24-2/h4-9,18H,3,10-12H2,1-2H3,(H,21,23)/p+1. The highest BCUT2D eigenvalue weighted by atomic mass is 32.1. The van der Waals surface area contributed by atoms with Crippen molar-refractivity contribution in [3.8, 4) is 11.5 Å². The molecule has 1 heterocycles. The fraction of sp³-hybridized carbons (Fsp3) is 0.389. The van der Waals surface area contributed by atoms with Gasteiger partial charge in [0.25, 0.3) is 5.91 Å². The molecule has 142 valence electrons. The molecular formula is C18H23F2N2O3S+. The highest BCUT2D eigenvalue weighted by Gasteiger charge is 2.15. The average molecular weight is 385 g/mol. The van der Waals surface area contributed by atoms with Crippen molar-refractivity contribution in [3.05, 3.63) is 46.2 Å². The molecule has 1 amide bonds. The van der Waals surface area contributed by atoms with Crippen molar-refractivity contribution >= 4 is 17.2 Å². The Kier molecular flexibility index (Phi) is 7.80. The Morgan fingerprint density at radius 3 is 2.73 bits per heavy atom. The van der Waals surface area contributed by atoms with Crippen LogP contribution in [0.1, 0.15) is 17.4 Å². The van der Waals surface area contributed by atoms with Gasteiger partial charge < -0.3 is 19.7 Å². The molecule has 0 spiro atoms. The molecule has 0 aliphatic carbocycles. The van der Waals surface area contributed by atoms with E-state index in [4.69, 9.17) is 4.74 Å². The number of thiophene rings is 1. The number of benzene rings is 1. The van der Waals surface area contributed by atoms with Gasteiger partial charge in [-0.05, 0) is 36.1 Å². The number of carbonyl (C=O) groups excluding carboxylic acids is 1. The van der Waals surface area contributed by atoms with E-state index in [0.29, 0.717) is 13.1 Å². The van der Waals surface area contributed by atoms with E-state index in [0.717, 1.165) is 18.7 Å². The fourth-order valence-corrected chi connectivity index (χ4v) is 3.25. The highest BCUT2D eigenvalue weighted by Crippen LogP contribution is 2.29. The summed E-state index contributed by atoms with van der Waals surface area (Å²) in [4.78, 5) is 14.6. The Labute approximate surface area is 155 Å². The number of ether oxygens (including phenoxy) is 2. The first kappa shape index (κ1) is 20.1. The van der Waals surface area contributed by atoms with Gasteiger partial charge in [-0.25, -0.2) is 0 Å². The molecule has 1 unspecified atom stereocenters. The lowest BCUT2D eigenvalue weighted by Crippen LogP contribution is -3.11. The maximum absolute atomic E-state index is 12.3. The molecule has 0 bridgehead atoms. The molecule has 0 aliphatic rings. The second kappa shape index (κ2) is 10.1. The zero-order valence-electron chi connectivity index (χ0n) is 14.8. The topological polar surface area (TPSA) is 52.0 Å². The normalized spacial score (nSPS) is 12.0. The number of nitrogens with one attached hydrogen (secondary N) is 2. The van der Waals surface area contributed by atoms with Gasteiger partial charge in [-0.2, -0.15) is 8.78 Å². The predicted octanol–water partition coefficient (Wildman–Crippen LogP) is 2.08. The van der Waals surface area contributed by atoms with Crippen LogP contribution >= 0.6 is 11.3 Å². The first-order valence-corrected chi connectivity index (χ1v) is 9.14. The van der Waals surface area contributed by atoms with Crippen LogP contribution in [-0.2, 0) is 17.9 Å². The molecule has 5 nitrogen and oxygen atoms in total. The third kappa shape index (κ3) is 6.27. The van der Waals surface area contributed by atoms with Crippen LogP contribution in [0.25, 0.3) is 0 Å². The summed E-state index contributed by atoms with van der Waals surface area (Å²) in [5.74, 6) is 0.107. The van der Waals surface area contributed by atoms with Crippen LogP contribution in [-0.4, -0.2) is 32.7 Å². The Morgan fingerprint density at radius 1 is 1.31 bits per heavy atom. The molecule has 0 radical (unpaired) electrons. The van der Waals surface area contributed by atoms with E-state index in [9.17, 15) is 13.6 Å². The van der Waals surface area contributed by atoms with Gasteiger partial charge in [-0.3, -0.25) is 4.79 Å². The molecule has 2 rings (SSSR count). The third-order valence-corrected chi connectivity index (χ3v) is 4.73.